The van der Waals surface area contributed by atoms with Gasteiger partial charge in [0.2, 0.25) is 5.91 Å². The molecule has 7 nitrogen and oxygen atoms in total. The minimum Gasteiger partial charge on any atom is -0.326 e. The number of para-hydroxylation sites is 1. The van der Waals surface area contributed by atoms with Gasteiger partial charge in [0, 0.05) is 23.9 Å². The second kappa shape index (κ2) is 10.4. The lowest BCUT2D eigenvalue weighted by Crippen LogP contribution is -2.23. The number of amides is 1. The predicted molar refractivity (Wildman–Crippen MR) is 135 cm³/mol. The van der Waals surface area contributed by atoms with Crippen molar-refractivity contribution in [3.8, 4) is 5.82 Å². The third kappa shape index (κ3) is 5.23. The van der Waals surface area contributed by atoms with Crippen molar-refractivity contribution >= 4 is 40.0 Å². The zero-order chi connectivity index (χ0) is 24.1. The molecule has 0 saturated carbocycles. The largest absolute Gasteiger partial charge is 0.326 e. The number of anilines is 1. The van der Waals surface area contributed by atoms with Gasteiger partial charge < -0.3 is 5.32 Å². The van der Waals surface area contributed by atoms with Gasteiger partial charge in [-0.05, 0) is 61.4 Å². The first kappa shape index (κ1) is 23.4. The standard InChI is InChI=1S/C26H24N4O3S/c1-3-6-24(32)28-19-12-10-18(11-13-19)22(31)16-34-26-29-21-8-5-4-7-20(21)25(33)30(26)23-14-9-17(2)15-27-23/h4-5,7-15H,3,6,16H2,1-2H3,(H,28,32). The van der Waals surface area contributed by atoms with E-state index in [1.165, 1.54) is 16.3 Å². The van der Waals surface area contributed by atoms with Crippen LogP contribution in [0.4, 0.5) is 5.69 Å². The van der Waals surface area contributed by atoms with Crippen molar-refractivity contribution in [3.63, 3.8) is 0 Å². The summed E-state index contributed by atoms with van der Waals surface area (Å²) in [7, 11) is 0. The third-order valence-electron chi connectivity index (χ3n) is 5.17. The number of nitrogens with zero attached hydrogens (tertiary/aromatic N) is 3. The van der Waals surface area contributed by atoms with E-state index in [1.807, 2.05) is 26.0 Å². The summed E-state index contributed by atoms with van der Waals surface area (Å²) in [5.74, 6) is 0.387. The van der Waals surface area contributed by atoms with E-state index < -0.39 is 0 Å². The molecular weight excluding hydrogens is 448 g/mol. The highest BCUT2D eigenvalue weighted by atomic mass is 32.2. The Labute approximate surface area is 201 Å². The molecule has 0 atom stereocenters. The van der Waals surface area contributed by atoms with E-state index in [4.69, 9.17) is 0 Å². The maximum Gasteiger partial charge on any atom is 0.267 e. The number of Topliss-reactive ketones (excluding diaryl/α,β-unsaturated/α-hetero) is 1. The molecule has 0 aliphatic heterocycles. The van der Waals surface area contributed by atoms with Crippen LogP contribution in [0.2, 0.25) is 0 Å². The molecule has 1 N–H and O–H groups in total. The first-order valence-electron chi connectivity index (χ1n) is 11.0. The van der Waals surface area contributed by atoms with Crippen molar-refractivity contribution in [2.45, 2.75) is 31.8 Å². The second-order valence-corrected chi connectivity index (χ2v) is 8.78. The van der Waals surface area contributed by atoms with Gasteiger partial charge in [-0.25, -0.2) is 14.5 Å². The number of hydrogen-bond donors (Lipinski definition) is 1. The highest BCUT2D eigenvalue weighted by Crippen LogP contribution is 2.22. The molecule has 0 radical (unpaired) electrons. The van der Waals surface area contributed by atoms with Crippen LogP contribution in [0.25, 0.3) is 16.7 Å². The van der Waals surface area contributed by atoms with Crippen LogP contribution in [-0.4, -0.2) is 32.0 Å². The van der Waals surface area contributed by atoms with Crippen molar-refractivity contribution in [2.75, 3.05) is 11.1 Å². The Morgan fingerprint density at radius 1 is 1.03 bits per heavy atom. The minimum absolute atomic E-state index is 0.0535. The Morgan fingerprint density at radius 2 is 1.79 bits per heavy atom. The molecule has 0 bridgehead atoms. The van der Waals surface area contributed by atoms with E-state index in [1.54, 1.807) is 54.7 Å². The summed E-state index contributed by atoms with van der Waals surface area (Å²) in [6.45, 7) is 3.87. The fourth-order valence-corrected chi connectivity index (χ4v) is 4.30. The van der Waals surface area contributed by atoms with Gasteiger partial charge in [-0.15, -0.1) is 0 Å². The van der Waals surface area contributed by atoms with Gasteiger partial charge >= 0.3 is 0 Å². The third-order valence-corrected chi connectivity index (χ3v) is 6.11. The summed E-state index contributed by atoms with van der Waals surface area (Å²) in [6.07, 6.45) is 2.91. The number of nitrogens with one attached hydrogen (secondary N) is 1. The average molecular weight is 473 g/mol. The Morgan fingerprint density at radius 3 is 2.50 bits per heavy atom. The molecule has 0 aliphatic carbocycles. The molecule has 172 valence electrons. The van der Waals surface area contributed by atoms with Gasteiger partial charge in [0.15, 0.2) is 10.9 Å². The van der Waals surface area contributed by atoms with Crippen LogP contribution in [0.15, 0.2) is 76.8 Å². The topological polar surface area (TPSA) is 94.0 Å². The average Bonchev–Trinajstić information content (AvgIpc) is 2.84. The van der Waals surface area contributed by atoms with E-state index in [0.717, 1.165) is 12.0 Å². The molecule has 34 heavy (non-hydrogen) atoms. The van der Waals surface area contributed by atoms with Crippen molar-refractivity contribution < 1.29 is 9.59 Å². The molecule has 0 unspecified atom stereocenters. The number of pyridine rings is 1. The fourth-order valence-electron chi connectivity index (χ4n) is 3.41. The van der Waals surface area contributed by atoms with Gasteiger partial charge in [0.25, 0.3) is 5.56 Å². The smallest absolute Gasteiger partial charge is 0.267 e. The maximum absolute atomic E-state index is 13.3. The van der Waals surface area contributed by atoms with E-state index in [0.29, 0.717) is 39.5 Å². The molecule has 0 fully saturated rings. The Hall–Kier alpha value is -3.78. The monoisotopic (exact) mass is 472 g/mol. The van der Waals surface area contributed by atoms with E-state index in [2.05, 4.69) is 15.3 Å². The lowest BCUT2D eigenvalue weighted by molar-refractivity contribution is -0.116. The molecule has 2 aromatic heterocycles. The van der Waals surface area contributed by atoms with Crippen LogP contribution < -0.4 is 10.9 Å². The first-order valence-corrected chi connectivity index (χ1v) is 12.0. The number of ketones is 1. The maximum atomic E-state index is 13.3. The van der Waals surface area contributed by atoms with Gasteiger partial charge in [-0.3, -0.25) is 14.4 Å². The Bertz CT molecular complexity index is 1400. The molecule has 0 aliphatic rings. The van der Waals surface area contributed by atoms with Crippen LogP contribution in [-0.2, 0) is 4.79 Å². The summed E-state index contributed by atoms with van der Waals surface area (Å²) in [5.41, 5.74) is 2.48. The highest BCUT2D eigenvalue weighted by molar-refractivity contribution is 7.99. The fraction of sp³-hybridized carbons (Fsp3) is 0.192. The zero-order valence-electron chi connectivity index (χ0n) is 18.9. The molecule has 8 heteroatoms. The summed E-state index contributed by atoms with van der Waals surface area (Å²) in [4.78, 5) is 46.9. The van der Waals surface area contributed by atoms with E-state index in [9.17, 15) is 14.4 Å². The Balaban J connectivity index is 1.59. The van der Waals surface area contributed by atoms with Gasteiger partial charge in [-0.1, -0.05) is 36.9 Å². The van der Waals surface area contributed by atoms with Crippen molar-refractivity contribution in [1.82, 2.24) is 14.5 Å². The lowest BCUT2D eigenvalue weighted by Gasteiger charge is -2.12. The van der Waals surface area contributed by atoms with Crippen LogP contribution >= 0.6 is 11.8 Å². The summed E-state index contributed by atoms with van der Waals surface area (Å²) in [5, 5.41) is 3.70. The van der Waals surface area contributed by atoms with E-state index >= 15 is 0 Å². The van der Waals surface area contributed by atoms with Crippen LogP contribution in [0, 0.1) is 6.92 Å². The normalized spacial score (nSPS) is 10.9. The predicted octanol–water partition coefficient (Wildman–Crippen LogP) is 4.80. The number of aryl methyl sites for hydroxylation is 1. The molecule has 2 heterocycles. The quantitative estimate of drug-likeness (QED) is 0.225. The SMILES string of the molecule is CCCC(=O)Nc1ccc(C(=O)CSc2nc3ccccc3c(=O)n2-c2ccc(C)cn2)cc1. The highest BCUT2D eigenvalue weighted by Gasteiger charge is 2.16. The number of aromatic nitrogens is 3. The number of benzene rings is 2. The summed E-state index contributed by atoms with van der Waals surface area (Å²) < 4.78 is 1.45. The first-order chi connectivity index (χ1) is 16.5. The van der Waals surface area contributed by atoms with E-state index in [-0.39, 0.29) is 23.0 Å². The number of carbonyl (C=O) groups excluding carboxylic acids is 2. The van der Waals surface area contributed by atoms with Crippen LogP contribution in [0.3, 0.4) is 0 Å². The zero-order valence-corrected chi connectivity index (χ0v) is 19.8. The number of carbonyl (C=O) groups is 2. The van der Waals surface area contributed by atoms with Gasteiger partial charge in [0.05, 0.1) is 16.7 Å². The van der Waals surface area contributed by atoms with Crippen molar-refractivity contribution in [3.05, 3.63) is 88.3 Å². The van der Waals surface area contributed by atoms with Gasteiger partial charge in [0.1, 0.15) is 5.82 Å². The number of hydrogen-bond acceptors (Lipinski definition) is 6. The Kier molecular flexibility index (Phi) is 7.18. The molecule has 1 amide bonds. The van der Waals surface area contributed by atoms with Crippen molar-refractivity contribution in [2.24, 2.45) is 0 Å². The van der Waals surface area contributed by atoms with Crippen molar-refractivity contribution in [1.29, 1.82) is 0 Å². The number of thioether (sulfide) groups is 1. The number of rotatable bonds is 8. The summed E-state index contributed by atoms with van der Waals surface area (Å²) in [6, 6.07) is 17.6. The summed E-state index contributed by atoms with van der Waals surface area (Å²) >= 11 is 1.19. The minimum atomic E-state index is -0.232. The molecule has 0 saturated heterocycles. The van der Waals surface area contributed by atoms with Crippen LogP contribution in [0.5, 0.6) is 0 Å². The molecular formula is C26H24N4O3S. The second-order valence-electron chi connectivity index (χ2n) is 7.83. The molecule has 0 spiro atoms. The lowest BCUT2D eigenvalue weighted by atomic mass is 10.1. The van der Waals surface area contributed by atoms with Gasteiger partial charge in [-0.2, -0.15) is 0 Å². The molecule has 2 aromatic carbocycles. The van der Waals surface area contributed by atoms with Crippen LogP contribution in [0.1, 0.15) is 35.7 Å². The molecule has 4 rings (SSSR count). The number of fused-ring (bicyclic) bond motifs is 1. The molecule has 4 aromatic rings.